The molecule has 0 radical (unpaired) electrons. The first-order valence-corrected chi connectivity index (χ1v) is 12.5. The predicted molar refractivity (Wildman–Crippen MR) is 127 cm³/mol. The molecule has 0 saturated carbocycles. The number of rotatable bonds is 8. The van der Waals surface area contributed by atoms with Gasteiger partial charge < -0.3 is 14.7 Å². The van der Waals surface area contributed by atoms with E-state index in [0.29, 0.717) is 5.75 Å². The quantitative estimate of drug-likeness (QED) is 0.274. The molecule has 1 unspecified atom stereocenters. The van der Waals surface area contributed by atoms with Gasteiger partial charge in [0, 0.05) is 22.9 Å². The number of anilines is 2. The molecule has 1 aliphatic rings. The van der Waals surface area contributed by atoms with Crippen molar-refractivity contribution in [3.05, 3.63) is 54.8 Å². The van der Waals surface area contributed by atoms with Gasteiger partial charge in [0.05, 0.1) is 22.9 Å². The molecule has 0 fully saturated rings. The summed E-state index contributed by atoms with van der Waals surface area (Å²) < 4.78 is 5.70. The fourth-order valence-corrected chi connectivity index (χ4v) is 5.83. The summed E-state index contributed by atoms with van der Waals surface area (Å²) in [4.78, 5) is 15.4. The highest BCUT2D eigenvalue weighted by Gasteiger charge is 2.35. The van der Waals surface area contributed by atoms with E-state index < -0.39 is 5.97 Å². The van der Waals surface area contributed by atoms with Crippen molar-refractivity contribution in [1.29, 1.82) is 0 Å². The smallest absolute Gasteiger partial charge is 0.331 e. The molecule has 160 valence electrons. The molecular formula is C24H29NO3S2. The molecule has 0 amide bonds. The van der Waals surface area contributed by atoms with Gasteiger partial charge in [-0.25, -0.2) is 4.79 Å². The van der Waals surface area contributed by atoms with Crippen LogP contribution in [0.3, 0.4) is 0 Å². The highest BCUT2D eigenvalue weighted by atomic mass is 32.2. The average Bonchev–Trinajstić information content (AvgIpc) is 2.91. The fourth-order valence-electron chi connectivity index (χ4n) is 3.88. The second kappa shape index (κ2) is 10.3. The van der Waals surface area contributed by atoms with Crippen LogP contribution in [0, 0.1) is 5.41 Å². The second-order valence-electron chi connectivity index (χ2n) is 7.54. The molecule has 1 aliphatic heterocycles. The number of carbonyl (C=O) groups is 1. The number of carboxylic acids is 1. The summed E-state index contributed by atoms with van der Waals surface area (Å²) in [5, 5.41) is 8.86. The van der Waals surface area contributed by atoms with Crippen LogP contribution in [0.25, 0.3) is 0 Å². The van der Waals surface area contributed by atoms with Crippen LogP contribution in [-0.4, -0.2) is 29.6 Å². The van der Waals surface area contributed by atoms with Gasteiger partial charge in [-0.2, -0.15) is 0 Å². The van der Waals surface area contributed by atoms with Gasteiger partial charge in [0.1, 0.15) is 5.75 Å². The molecule has 0 aromatic heterocycles. The van der Waals surface area contributed by atoms with Crippen molar-refractivity contribution in [2.45, 2.75) is 42.9 Å². The van der Waals surface area contributed by atoms with Crippen molar-refractivity contribution in [2.75, 3.05) is 23.5 Å². The number of carboxylic acid groups (broad SMARTS) is 1. The zero-order chi connectivity index (χ0) is 21.6. The largest absolute Gasteiger partial charge is 0.478 e. The van der Waals surface area contributed by atoms with Crippen LogP contribution in [-0.2, 0) is 4.79 Å². The highest BCUT2D eigenvalue weighted by molar-refractivity contribution is 7.99. The number of para-hydroxylation sites is 1. The molecule has 1 N–H and O–H groups in total. The van der Waals surface area contributed by atoms with Crippen LogP contribution in [0.15, 0.2) is 64.6 Å². The Morgan fingerprint density at radius 3 is 2.70 bits per heavy atom. The lowest BCUT2D eigenvalue weighted by Crippen LogP contribution is -2.35. The van der Waals surface area contributed by atoms with Crippen molar-refractivity contribution < 1.29 is 14.6 Å². The van der Waals surface area contributed by atoms with Gasteiger partial charge in [0.25, 0.3) is 0 Å². The Morgan fingerprint density at radius 2 is 2.07 bits per heavy atom. The number of thioether (sulfide) groups is 2. The van der Waals surface area contributed by atoms with E-state index in [1.54, 1.807) is 11.8 Å². The van der Waals surface area contributed by atoms with E-state index in [0.717, 1.165) is 36.1 Å². The molecule has 0 spiro atoms. The summed E-state index contributed by atoms with van der Waals surface area (Å²) in [6.45, 7) is 5.54. The first-order chi connectivity index (χ1) is 14.5. The maximum Gasteiger partial charge on any atom is 0.331 e. The van der Waals surface area contributed by atoms with E-state index in [-0.39, 0.29) is 5.41 Å². The summed E-state index contributed by atoms with van der Waals surface area (Å²) in [7, 11) is 0. The molecule has 0 bridgehead atoms. The zero-order valence-electron chi connectivity index (χ0n) is 17.8. The molecular weight excluding hydrogens is 414 g/mol. The number of ether oxygens (including phenoxy) is 1. The third-order valence-corrected chi connectivity index (χ3v) is 7.72. The minimum atomic E-state index is -1.02. The van der Waals surface area contributed by atoms with Crippen LogP contribution < -0.4 is 9.64 Å². The highest BCUT2D eigenvalue weighted by Crippen LogP contribution is 2.49. The molecule has 1 heterocycles. The Labute approximate surface area is 187 Å². The molecule has 2 aromatic rings. The van der Waals surface area contributed by atoms with Crippen molar-refractivity contribution >= 4 is 40.9 Å². The van der Waals surface area contributed by atoms with Gasteiger partial charge in [-0.15, -0.1) is 23.5 Å². The molecule has 30 heavy (non-hydrogen) atoms. The topological polar surface area (TPSA) is 49.8 Å². The molecule has 3 rings (SSSR count). The van der Waals surface area contributed by atoms with Crippen molar-refractivity contribution in [2.24, 2.45) is 5.41 Å². The average molecular weight is 444 g/mol. The summed E-state index contributed by atoms with van der Waals surface area (Å²) in [5.74, 6) is 0.725. The Kier molecular flexibility index (Phi) is 7.78. The number of nitrogens with zero attached hydrogens (tertiary/aromatic N) is 1. The number of hydrogen-bond donors (Lipinski definition) is 1. The lowest BCUT2D eigenvalue weighted by Gasteiger charge is -2.36. The van der Waals surface area contributed by atoms with Crippen LogP contribution in [0.4, 0.5) is 11.4 Å². The van der Waals surface area contributed by atoms with E-state index in [4.69, 9.17) is 9.84 Å². The van der Waals surface area contributed by atoms with E-state index in [1.165, 1.54) is 29.0 Å². The lowest BCUT2D eigenvalue weighted by molar-refractivity contribution is -0.131. The molecule has 0 aliphatic carbocycles. The van der Waals surface area contributed by atoms with E-state index in [9.17, 15) is 4.79 Å². The molecule has 6 heteroatoms. The monoisotopic (exact) mass is 443 g/mol. The SMILES string of the molecule is CCCC1(CC)CSc2cc(O/C=C/C(=O)O)c(SC)cc2N(c2ccccc2)C1. The molecule has 4 nitrogen and oxygen atoms in total. The second-order valence-corrected chi connectivity index (χ2v) is 9.41. The Hall–Kier alpha value is -2.05. The number of benzene rings is 2. The maximum atomic E-state index is 10.8. The number of hydrogen-bond acceptors (Lipinski definition) is 5. The van der Waals surface area contributed by atoms with Crippen LogP contribution >= 0.6 is 23.5 Å². The van der Waals surface area contributed by atoms with Gasteiger partial charge in [0.2, 0.25) is 0 Å². The number of fused-ring (bicyclic) bond motifs is 1. The van der Waals surface area contributed by atoms with Crippen LogP contribution in [0.1, 0.15) is 33.1 Å². The lowest BCUT2D eigenvalue weighted by atomic mass is 9.82. The molecule has 2 aromatic carbocycles. The summed E-state index contributed by atoms with van der Waals surface area (Å²) in [5.41, 5.74) is 2.62. The van der Waals surface area contributed by atoms with E-state index in [1.807, 2.05) is 18.0 Å². The van der Waals surface area contributed by atoms with E-state index in [2.05, 4.69) is 61.2 Å². The van der Waals surface area contributed by atoms with Crippen LogP contribution in [0.5, 0.6) is 5.75 Å². The van der Waals surface area contributed by atoms with Gasteiger partial charge in [-0.1, -0.05) is 38.5 Å². The summed E-state index contributed by atoms with van der Waals surface area (Å²) >= 11 is 3.49. The third kappa shape index (κ3) is 5.16. The zero-order valence-corrected chi connectivity index (χ0v) is 19.4. The fraction of sp³-hybridized carbons (Fsp3) is 0.375. The van der Waals surface area contributed by atoms with Crippen molar-refractivity contribution in [3.8, 4) is 5.75 Å². The minimum absolute atomic E-state index is 0.234. The minimum Gasteiger partial charge on any atom is -0.478 e. The third-order valence-electron chi connectivity index (χ3n) is 5.57. The summed E-state index contributed by atoms with van der Waals surface area (Å²) in [6, 6.07) is 14.8. The Balaban J connectivity index is 2.08. The molecule has 1 atom stereocenters. The van der Waals surface area contributed by atoms with E-state index >= 15 is 0 Å². The summed E-state index contributed by atoms with van der Waals surface area (Å²) in [6.07, 6.45) is 7.76. The first kappa shape index (κ1) is 22.6. The Morgan fingerprint density at radius 1 is 1.30 bits per heavy atom. The molecule has 0 saturated heterocycles. The van der Waals surface area contributed by atoms with Gasteiger partial charge >= 0.3 is 5.97 Å². The van der Waals surface area contributed by atoms with Crippen LogP contribution in [0.2, 0.25) is 0 Å². The van der Waals surface area contributed by atoms with Crippen molar-refractivity contribution in [1.82, 2.24) is 0 Å². The maximum absolute atomic E-state index is 10.8. The Bertz CT molecular complexity index is 901. The standard InChI is InChI=1S/C24H29NO3S2/c1-4-12-24(5-2)16-25(18-9-7-6-8-10-18)19-14-22(29-3)20(15-21(19)30-17-24)28-13-11-23(26)27/h6-11,13-15H,4-5,12,16-17H2,1-3H3,(H,26,27)/b13-11+. The predicted octanol–water partition coefficient (Wildman–Crippen LogP) is 6.83. The first-order valence-electron chi connectivity index (χ1n) is 10.3. The normalized spacial score (nSPS) is 18.8. The van der Waals surface area contributed by atoms with Gasteiger partial charge in [0.15, 0.2) is 0 Å². The number of aliphatic carboxylic acids is 1. The van der Waals surface area contributed by atoms with Gasteiger partial charge in [-0.3, -0.25) is 0 Å². The van der Waals surface area contributed by atoms with Crippen molar-refractivity contribution in [3.63, 3.8) is 0 Å². The van der Waals surface area contributed by atoms with Gasteiger partial charge in [-0.05, 0) is 48.8 Å².